The molecule has 1 aliphatic heterocycles. The van der Waals surface area contributed by atoms with Gasteiger partial charge in [-0.15, -0.1) is 11.3 Å². The number of nitrogens with zero attached hydrogens (tertiary/aromatic N) is 3. The van der Waals surface area contributed by atoms with Gasteiger partial charge in [-0.2, -0.15) is 0 Å². The molecule has 134 valence electrons. The zero-order valence-corrected chi connectivity index (χ0v) is 15.3. The van der Waals surface area contributed by atoms with Crippen molar-refractivity contribution in [2.24, 2.45) is 0 Å². The molecule has 5 rings (SSSR count). The van der Waals surface area contributed by atoms with Gasteiger partial charge in [0.25, 0.3) is 0 Å². The molecule has 0 bridgehead atoms. The minimum Gasteiger partial charge on any atom is -0.364 e. The van der Waals surface area contributed by atoms with Gasteiger partial charge >= 0.3 is 0 Å². The smallest absolute Gasteiger partial charge is 0.148 e. The molecule has 27 heavy (non-hydrogen) atoms. The van der Waals surface area contributed by atoms with Crippen molar-refractivity contribution in [3.05, 3.63) is 76.5 Å². The summed E-state index contributed by atoms with van der Waals surface area (Å²) in [6.45, 7) is 1.60. The molecule has 0 radical (unpaired) electrons. The van der Waals surface area contributed by atoms with Crippen molar-refractivity contribution >= 4 is 39.4 Å². The Bertz CT molecular complexity index is 1120. The number of para-hydroxylation sites is 1. The van der Waals surface area contributed by atoms with Crippen LogP contribution in [0.2, 0.25) is 0 Å². The third-order valence-corrected chi connectivity index (χ3v) is 5.92. The average molecular weight is 376 g/mol. The summed E-state index contributed by atoms with van der Waals surface area (Å²) in [6, 6.07) is 15.2. The number of aromatic nitrogens is 2. The van der Waals surface area contributed by atoms with Gasteiger partial charge in [0.05, 0.1) is 11.2 Å². The number of thiophene rings is 1. The first-order valence-electron chi connectivity index (χ1n) is 8.84. The fraction of sp³-hybridized carbons (Fsp3) is 0.143. The second kappa shape index (κ2) is 6.63. The molecule has 0 spiro atoms. The summed E-state index contributed by atoms with van der Waals surface area (Å²) in [4.78, 5) is 12.1. The fourth-order valence-corrected chi connectivity index (χ4v) is 4.43. The summed E-state index contributed by atoms with van der Waals surface area (Å²) in [6.07, 6.45) is 2.49. The minimum absolute atomic E-state index is 0.225. The molecule has 6 heteroatoms. The third kappa shape index (κ3) is 3.02. The van der Waals surface area contributed by atoms with Crippen LogP contribution in [0.3, 0.4) is 0 Å². The number of hydrogen-bond donors (Lipinski definition) is 1. The number of fused-ring (bicyclic) bond motifs is 2. The van der Waals surface area contributed by atoms with Gasteiger partial charge < -0.3 is 10.2 Å². The molecule has 2 aromatic heterocycles. The molecule has 0 atom stereocenters. The van der Waals surface area contributed by atoms with E-state index >= 15 is 0 Å². The molecule has 4 aromatic rings. The average Bonchev–Trinajstić information content (AvgIpc) is 3.16. The fourth-order valence-electron chi connectivity index (χ4n) is 3.54. The highest BCUT2D eigenvalue weighted by molar-refractivity contribution is 7.10. The molecule has 0 aliphatic carbocycles. The lowest BCUT2D eigenvalue weighted by atomic mass is 10.1. The molecule has 0 amide bonds. The second-order valence-corrected chi connectivity index (χ2v) is 7.57. The molecular formula is C21H17FN4S. The van der Waals surface area contributed by atoms with Crippen LogP contribution in [-0.4, -0.2) is 16.5 Å². The number of nitrogens with one attached hydrogen (secondary N) is 1. The Balaban J connectivity index is 1.42. The Hall–Kier alpha value is -2.99. The highest BCUT2D eigenvalue weighted by atomic mass is 32.1. The Morgan fingerprint density at radius 1 is 1.07 bits per heavy atom. The van der Waals surface area contributed by atoms with Crippen LogP contribution in [0.5, 0.6) is 0 Å². The molecule has 1 N–H and O–H groups in total. The van der Waals surface area contributed by atoms with Crippen LogP contribution in [0.25, 0.3) is 10.9 Å². The van der Waals surface area contributed by atoms with Gasteiger partial charge in [0, 0.05) is 29.0 Å². The molecule has 0 saturated heterocycles. The normalized spacial score (nSPS) is 13.6. The maximum absolute atomic E-state index is 14.8. The van der Waals surface area contributed by atoms with Crippen molar-refractivity contribution in [2.75, 3.05) is 16.8 Å². The summed E-state index contributed by atoms with van der Waals surface area (Å²) < 4.78 is 14.8. The van der Waals surface area contributed by atoms with Gasteiger partial charge in [-0.05, 0) is 53.8 Å². The molecule has 3 heterocycles. The van der Waals surface area contributed by atoms with E-state index in [0.29, 0.717) is 17.2 Å². The van der Waals surface area contributed by atoms with E-state index in [0.717, 1.165) is 30.4 Å². The summed E-state index contributed by atoms with van der Waals surface area (Å²) in [7, 11) is 0. The van der Waals surface area contributed by atoms with Crippen molar-refractivity contribution in [1.29, 1.82) is 0 Å². The Labute approximate surface area is 160 Å². The number of rotatable bonds is 3. The SMILES string of the molecule is Fc1cc(Nc2ncnc3ccccc23)ccc1N1CCc2sccc2C1. The Morgan fingerprint density at radius 3 is 2.93 bits per heavy atom. The highest BCUT2D eigenvalue weighted by Crippen LogP contribution is 2.31. The van der Waals surface area contributed by atoms with E-state index in [9.17, 15) is 4.39 Å². The van der Waals surface area contributed by atoms with Gasteiger partial charge in [-0.1, -0.05) is 12.1 Å². The Morgan fingerprint density at radius 2 is 2.00 bits per heavy atom. The van der Waals surface area contributed by atoms with Crippen LogP contribution >= 0.6 is 11.3 Å². The van der Waals surface area contributed by atoms with Gasteiger partial charge in [-0.3, -0.25) is 0 Å². The zero-order chi connectivity index (χ0) is 18.2. The maximum Gasteiger partial charge on any atom is 0.148 e. The summed E-state index contributed by atoms with van der Waals surface area (Å²) in [5.74, 6) is 0.450. The van der Waals surface area contributed by atoms with Gasteiger partial charge in [-0.25, -0.2) is 14.4 Å². The van der Waals surface area contributed by atoms with Gasteiger partial charge in [0.2, 0.25) is 0 Å². The van der Waals surface area contributed by atoms with E-state index in [1.165, 1.54) is 22.8 Å². The molecule has 2 aromatic carbocycles. The molecular weight excluding hydrogens is 359 g/mol. The number of halogens is 1. The summed E-state index contributed by atoms with van der Waals surface area (Å²) in [5, 5.41) is 6.24. The molecule has 1 aliphatic rings. The number of hydrogen-bond acceptors (Lipinski definition) is 5. The topological polar surface area (TPSA) is 41.1 Å². The van der Waals surface area contributed by atoms with Crippen LogP contribution in [0.1, 0.15) is 10.4 Å². The molecule has 0 fully saturated rings. The first kappa shape index (κ1) is 16.2. The summed E-state index contributed by atoms with van der Waals surface area (Å²) >= 11 is 1.79. The van der Waals surface area contributed by atoms with Crippen molar-refractivity contribution in [3.63, 3.8) is 0 Å². The predicted molar refractivity (Wildman–Crippen MR) is 108 cm³/mol. The van der Waals surface area contributed by atoms with Crippen molar-refractivity contribution < 1.29 is 4.39 Å². The summed E-state index contributed by atoms with van der Waals surface area (Å²) in [5.41, 5.74) is 3.48. The molecule has 0 saturated carbocycles. The maximum atomic E-state index is 14.8. The lowest BCUT2D eigenvalue weighted by Crippen LogP contribution is -2.30. The monoisotopic (exact) mass is 376 g/mol. The van der Waals surface area contributed by atoms with E-state index < -0.39 is 0 Å². The quantitative estimate of drug-likeness (QED) is 0.538. The number of benzene rings is 2. The Kier molecular flexibility index (Phi) is 3.98. The van der Waals surface area contributed by atoms with Gasteiger partial charge in [0.15, 0.2) is 0 Å². The highest BCUT2D eigenvalue weighted by Gasteiger charge is 2.20. The van der Waals surface area contributed by atoms with E-state index in [4.69, 9.17) is 0 Å². The second-order valence-electron chi connectivity index (χ2n) is 6.57. The lowest BCUT2D eigenvalue weighted by Gasteiger charge is -2.29. The first-order chi connectivity index (χ1) is 13.3. The number of anilines is 3. The van der Waals surface area contributed by atoms with E-state index in [1.54, 1.807) is 11.3 Å². The van der Waals surface area contributed by atoms with E-state index in [1.807, 2.05) is 36.4 Å². The lowest BCUT2D eigenvalue weighted by molar-refractivity contribution is 0.612. The van der Waals surface area contributed by atoms with Crippen molar-refractivity contribution in [1.82, 2.24) is 9.97 Å². The largest absolute Gasteiger partial charge is 0.364 e. The minimum atomic E-state index is -0.225. The van der Waals surface area contributed by atoms with Crippen LogP contribution in [-0.2, 0) is 13.0 Å². The van der Waals surface area contributed by atoms with E-state index in [2.05, 4.69) is 31.6 Å². The van der Waals surface area contributed by atoms with Gasteiger partial charge in [0.1, 0.15) is 18.0 Å². The predicted octanol–water partition coefficient (Wildman–Crippen LogP) is 5.14. The third-order valence-electron chi connectivity index (χ3n) is 4.90. The van der Waals surface area contributed by atoms with Crippen LogP contribution in [0.15, 0.2) is 60.2 Å². The van der Waals surface area contributed by atoms with Crippen molar-refractivity contribution in [3.8, 4) is 0 Å². The molecule has 4 nitrogen and oxygen atoms in total. The standard InChI is InChI=1S/C21H17FN4S/c22-17-11-15(25-21-16-3-1-2-4-18(16)23-13-24-21)5-6-19(17)26-9-7-20-14(12-26)8-10-27-20/h1-6,8,10-11,13H,7,9,12H2,(H,23,24,25). The van der Waals surface area contributed by atoms with Crippen LogP contribution in [0.4, 0.5) is 21.6 Å². The molecule has 0 unspecified atom stereocenters. The van der Waals surface area contributed by atoms with Crippen LogP contribution < -0.4 is 10.2 Å². The van der Waals surface area contributed by atoms with Crippen LogP contribution in [0, 0.1) is 5.82 Å². The first-order valence-corrected chi connectivity index (χ1v) is 9.72. The van der Waals surface area contributed by atoms with Crippen molar-refractivity contribution in [2.45, 2.75) is 13.0 Å². The van der Waals surface area contributed by atoms with E-state index in [-0.39, 0.29) is 5.82 Å². The zero-order valence-electron chi connectivity index (χ0n) is 14.5.